The van der Waals surface area contributed by atoms with Gasteiger partial charge >= 0.3 is 0 Å². The summed E-state index contributed by atoms with van der Waals surface area (Å²) in [4.78, 5) is 4.75. The summed E-state index contributed by atoms with van der Waals surface area (Å²) in [5.74, 6) is 1.73. The minimum Gasteiger partial charge on any atom is -0.377 e. The molecule has 3 rings (SSSR count). The van der Waals surface area contributed by atoms with Crippen LogP contribution in [0, 0.1) is 11.3 Å². The van der Waals surface area contributed by atoms with Crippen LogP contribution in [0.5, 0.6) is 0 Å². The van der Waals surface area contributed by atoms with Crippen molar-refractivity contribution in [3.05, 3.63) is 0 Å². The lowest BCUT2D eigenvalue weighted by molar-refractivity contribution is -0.125. The molecule has 3 aliphatic rings. The summed E-state index contributed by atoms with van der Waals surface area (Å²) < 4.78 is 6.06. The number of ether oxygens (including phenoxy) is 1. The van der Waals surface area contributed by atoms with Crippen molar-refractivity contribution in [1.29, 1.82) is 0 Å². The van der Waals surface area contributed by atoms with E-state index < -0.39 is 0 Å². The Balaban J connectivity index is 0.00000176. The number of unbranched alkanes of at least 4 members (excludes halogenated alkanes) is 1. The largest absolute Gasteiger partial charge is 0.377 e. The van der Waals surface area contributed by atoms with Crippen molar-refractivity contribution < 1.29 is 4.74 Å². The van der Waals surface area contributed by atoms with Crippen molar-refractivity contribution in [3.8, 4) is 0 Å². The van der Waals surface area contributed by atoms with Gasteiger partial charge < -0.3 is 15.4 Å². The average Bonchev–Trinajstić information content (AvgIpc) is 3.13. The fraction of sp³-hybridized carbons (Fsp3) is 0.941. The van der Waals surface area contributed by atoms with E-state index in [0.717, 1.165) is 25.7 Å². The first kappa shape index (κ1) is 18.3. The van der Waals surface area contributed by atoms with Crippen molar-refractivity contribution in [2.45, 2.75) is 70.9 Å². The summed E-state index contributed by atoms with van der Waals surface area (Å²) in [6.45, 7) is 7.18. The lowest BCUT2D eigenvalue weighted by Crippen LogP contribution is -2.69. The second-order valence-corrected chi connectivity index (χ2v) is 6.92. The molecule has 2 saturated carbocycles. The third-order valence-electron chi connectivity index (χ3n) is 5.70. The number of nitrogens with zero attached hydrogens (tertiary/aromatic N) is 1. The van der Waals surface area contributed by atoms with Crippen LogP contribution in [0.15, 0.2) is 4.99 Å². The van der Waals surface area contributed by atoms with E-state index in [-0.39, 0.29) is 24.0 Å². The fourth-order valence-electron chi connectivity index (χ4n) is 4.72. The molecule has 3 fully saturated rings. The Labute approximate surface area is 152 Å². The van der Waals surface area contributed by atoms with Gasteiger partial charge in [-0.25, -0.2) is 0 Å². The Kier molecular flexibility index (Phi) is 6.80. The molecule has 0 aromatic heterocycles. The molecule has 1 saturated heterocycles. The van der Waals surface area contributed by atoms with Gasteiger partial charge in [-0.1, -0.05) is 26.2 Å². The third kappa shape index (κ3) is 3.25. The molecule has 3 atom stereocenters. The SMILES string of the molecule is CCCCN=C(NCC)NC1C2CCOC2C12CCCC2.I. The molecule has 2 N–H and O–H groups in total. The topological polar surface area (TPSA) is 45.7 Å². The van der Waals surface area contributed by atoms with E-state index in [1.807, 2.05) is 0 Å². The number of fused-ring (bicyclic) bond motifs is 2. The molecule has 5 heteroatoms. The van der Waals surface area contributed by atoms with Crippen molar-refractivity contribution >= 4 is 29.9 Å². The van der Waals surface area contributed by atoms with E-state index in [1.165, 1.54) is 44.9 Å². The molecule has 128 valence electrons. The van der Waals surface area contributed by atoms with E-state index in [9.17, 15) is 0 Å². The molecule has 22 heavy (non-hydrogen) atoms. The maximum absolute atomic E-state index is 6.06. The lowest BCUT2D eigenvalue weighted by Gasteiger charge is -2.57. The predicted molar refractivity (Wildman–Crippen MR) is 102 cm³/mol. The average molecular weight is 421 g/mol. The van der Waals surface area contributed by atoms with E-state index in [0.29, 0.717) is 23.5 Å². The van der Waals surface area contributed by atoms with Crippen LogP contribution < -0.4 is 10.6 Å². The quantitative estimate of drug-likeness (QED) is 0.310. The van der Waals surface area contributed by atoms with E-state index in [1.54, 1.807) is 0 Å². The summed E-state index contributed by atoms with van der Waals surface area (Å²) in [7, 11) is 0. The zero-order valence-electron chi connectivity index (χ0n) is 14.1. The first-order chi connectivity index (χ1) is 10.3. The molecule has 0 radical (unpaired) electrons. The number of guanidine groups is 1. The first-order valence-corrected chi connectivity index (χ1v) is 8.98. The van der Waals surface area contributed by atoms with Gasteiger partial charge in [0.05, 0.1) is 6.10 Å². The monoisotopic (exact) mass is 421 g/mol. The molecule has 1 spiro atoms. The Morgan fingerprint density at radius 2 is 2.05 bits per heavy atom. The van der Waals surface area contributed by atoms with Gasteiger partial charge in [-0.3, -0.25) is 4.99 Å². The molecule has 3 unspecified atom stereocenters. The molecule has 4 nitrogen and oxygen atoms in total. The van der Waals surface area contributed by atoms with Crippen LogP contribution in [0.4, 0.5) is 0 Å². The molecular weight excluding hydrogens is 389 g/mol. The smallest absolute Gasteiger partial charge is 0.191 e. The van der Waals surface area contributed by atoms with Crippen LogP contribution in [0.25, 0.3) is 0 Å². The van der Waals surface area contributed by atoms with E-state index in [4.69, 9.17) is 9.73 Å². The second kappa shape index (κ2) is 8.18. The third-order valence-corrected chi connectivity index (χ3v) is 5.70. The molecule has 0 aromatic rings. The minimum absolute atomic E-state index is 0. The summed E-state index contributed by atoms with van der Waals surface area (Å²) in [5.41, 5.74) is 0.405. The number of hydrogen-bond donors (Lipinski definition) is 2. The molecule has 0 aromatic carbocycles. The zero-order chi connectivity index (χ0) is 14.7. The van der Waals surface area contributed by atoms with Gasteiger partial charge in [0, 0.05) is 37.1 Å². The summed E-state index contributed by atoms with van der Waals surface area (Å²) in [6, 6.07) is 0.576. The number of nitrogens with one attached hydrogen (secondary N) is 2. The van der Waals surface area contributed by atoms with Gasteiger partial charge in [-0.15, -0.1) is 24.0 Å². The van der Waals surface area contributed by atoms with Crippen LogP contribution >= 0.6 is 24.0 Å². The minimum atomic E-state index is 0. The van der Waals surface area contributed by atoms with Crippen molar-refractivity contribution in [2.24, 2.45) is 16.3 Å². The molecule has 1 aliphatic heterocycles. The molecule has 0 bridgehead atoms. The summed E-state index contributed by atoms with van der Waals surface area (Å²) >= 11 is 0. The van der Waals surface area contributed by atoms with Crippen LogP contribution in [0.1, 0.15) is 58.8 Å². The second-order valence-electron chi connectivity index (χ2n) is 6.92. The van der Waals surface area contributed by atoms with Crippen molar-refractivity contribution in [1.82, 2.24) is 10.6 Å². The van der Waals surface area contributed by atoms with Crippen LogP contribution in [0.2, 0.25) is 0 Å². The fourth-order valence-corrected chi connectivity index (χ4v) is 4.72. The van der Waals surface area contributed by atoms with Gasteiger partial charge in [0.15, 0.2) is 5.96 Å². The van der Waals surface area contributed by atoms with Crippen molar-refractivity contribution in [2.75, 3.05) is 19.7 Å². The highest BCUT2D eigenvalue weighted by molar-refractivity contribution is 14.0. The highest BCUT2D eigenvalue weighted by Crippen LogP contribution is 2.60. The zero-order valence-corrected chi connectivity index (χ0v) is 16.4. The normalized spacial score (nSPS) is 32.3. The van der Waals surface area contributed by atoms with E-state index >= 15 is 0 Å². The lowest BCUT2D eigenvalue weighted by atomic mass is 9.54. The first-order valence-electron chi connectivity index (χ1n) is 8.98. The van der Waals surface area contributed by atoms with Crippen LogP contribution in [-0.2, 0) is 4.74 Å². The molecule has 2 aliphatic carbocycles. The number of aliphatic imine (C=N–C) groups is 1. The maximum Gasteiger partial charge on any atom is 0.191 e. The molecular formula is C17H32IN3O. The Morgan fingerprint density at radius 3 is 2.73 bits per heavy atom. The summed E-state index contributed by atoms with van der Waals surface area (Å²) in [5, 5.41) is 7.20. The van der Waals surface area contributed by atoms with Gasteiger partial charge in [0.2, 0.25) is 0 Å². The van der Waals surface area contributed by atoms with Crippen LogP contribution in [0.3, 0.4) is 0 Å². The highest BCUT2D eigenvalue weighted by Gasteiger charge is 2.65. The van der Waals surface area contributed by atoms with E-state index in [2.05, 4.69) is 24.5 Å². The van der Waals surface area contributed by atoms with Gasteiger partial charge in [0.1, 0.15) is 0 Å². The Hall–Kier alpha value is -0.0400. The Morgan fingerprint density at radius 1 is 1.27 bits per heavy atom. The van der Waals surface area contributed by atoms with Crippen LogP contribution in [-0.4, -0.2) is 37.8 Å². The number of halogens is 1. The Bertz CT molecular complexity index is 382. The highest BCUT2D eigenvalue weighted by atomic mass is 127. The molecule has 0 amide bonds. The predicted octanol–water partition coefficient (Wildman–Crippen LogP) is 3.31. The van der Waals surface area contributed by atoms with Gasteiger partial charge in [-0.05, 0) is 32.6 Å². The van der Waals surface area contributed by atoms with Crippen molar-refractivity contribution in [3.63, 3.8) is 0 Å². The number of rotatable bonds is 5. The maximum atomic E-state index is 6.06. The van der Waals surface area contributed by atoms with Gasteiger partial charge in [0.25, 0.3) is 0 Å². The van der Waals surface area contributed by atoms with Gasteiger partial charge in [-0.2, -0.15) is 0 Å². The number of hydrogen-bond acceptors (Lipinski definition) is 2. The molecule has 1 heterocycles. The standard InChI is InChI=1S/C17H31N3O.HI/c1-3-5-11-19-16(18-4-2)20-14-13-8-12-21-15(13)17(14)9-6-7-10-17;/h13-15H,3-12H2,1-2H3,(H2,18,19,20);1H. The summed E-state index contributed by atoms with van der Waals surface area (Å²) in [6.07, 6.45) is 9.52.